The van der Waals surface area contributed by atoms with E-state index in [-0.39, 0.29) is 0 Å². The fourth-order valence-electron chi connectivity index (χ4n) is 15.1. The Balaban J connectivity index is 0.0000000994. The number of benzene rings is 8. The maximum Gasteiger partial charge on any atom is 0.227 e. The van der Waals surface area contributed by atoms with E-state index in [0.29, 0.717) is 69.5 Å². The van der Waals surface area contributed by atoms with Crippen molar-refractivity contribution in [3.63, 3.8) is 0 Å². The molecule has 0 fully saturated rings. The van der Waals surface area contributed by atoms with Gasteiger partial charge in [0.15, 0.2) is 37.4 Å². The average Bonchev–Trinajstić information content (AvgIpc) is 1.59. The Labute approximate surface area is 563 Å². The molecule has 12 heterocycles. The van der Waals surface area contributed by atoms with Crippen molar-refractivity contribution in [1.29, 1.82) is 21.0 Å². The molecule has 0 unspecified atom stereocenters. The Bertz CT molecular complexity index is 6800. The Morgan fingerprint density at radius 2 is 0.848 bits per heavy atom. The van der Waals surface area contributed by atoms with Crippen molar-refractivity contribution < 1.29 is 27.6 Å². The second-order valence-electron chi connectivity index (χ2n) is 25.0. The molecule has 0 N–H and O–H groups in total. The van der Waals surface area contributed by atoms with Gasteiger partial charge in [0.05, 0.1) is 111 Å². The van der Waals surface area contributed by atoms with Gasteiger partial charge in [0, 0.05) is 45.6 Å². The summed E-state index contributed by atoms with van der Waals surface area (Å²) in [5.74, 6) is 0. The van der Waals surface area contributed by atoms with Gasteiger partial charge in [-0.3, -0.25) is 0 Å². The second kappa shape index (κ2) is 21.8. The molecule has 0 radical (unpaired) electrons. The fraction of sp³-hybridized carbons (Fsp3) is 0.114. The number of nitrogens with zero attached hydrogens (tertiary/aromatic N) is 18. The van der Waals surface area contributed by atoms with Gasteiger partial charge in [-0.1, -0.05) is 66.7 Å². The summed E-state index contributed by atoms with van der Waals surface area (Å²) in [7, 11) is 0. The van der Waals surface area contributed by atoms with E-state index in [1.807, 2.05) is 73.8 Å². The molecular formula is C79H48N18O2+4. The lowest BCUT2D eigenvalue weighted by atomic mass is 9.97. The zero-order chi connectivity index (χ0) is 68.0. The first kappa shape index (κ1) is 58.3. The highest BCUT2D eigenvalue weighted by Gasteiger charge is 2.38. The van der Waals surface area contributed by atoms with Crippen molar-refractivity contribution in [3.05, 3.63) is 270 Å². The molecule has 4 aliphatic heterocycles. The van der Waals surface area contributed by atoms with Crippen LogP contribution in [-0.2, 0) is 26.2 Å². The van der Waals surface area contributed by atoms with Gasteiger partial charge in [-0.15, -0.1) is 37.5 Å². The average molecular weight is 1280 g/mol. The maximum absolute atomic E-state index is 9.48. The number of aryl methyl sites for hydroxylation is 4. The minimum Gasteiger partial charge on any atom is -0.438 e. The van der Waals surface area contributed by atoms with E-state index in [1.54, 1.807) is 60.9 Å². The third-order valence-corrected chi connectivity index (χ3v) is 19.7. The van der Waals surface area contributed by atoms with Gasteiger partial charge < -0.3 is 8.83 Å². The summed E-state index contributed by atoms with van der Waals surface area (Å²) < 4.78 is 28.6. The van der Waals surface area contributed by atoms with Crippen LogP contribution in [0, 0.1) is 106 Å². The lowest BCUT2D eigenvalue weighted by Gasteiger charge is -2.09. The fourth-order valence-corrected chi connectivity index (χ4v) is 15.1. The smallest absolute Gasteiger partial charge is 0.227 e. The number of nitriles is 4. The molecule has 8 aromatic heterocycles. The van der Waals surface area contributed by atoms with E-state index in [1.165, 1.54) is 38.9 Å². The van der Waals surface area contributed by atoms with Gasteiger partial charge >= 0.3 is 0 Å². The van der Waals surface area contributed by atoms with Gasteiger partial charge in [-0.25, -0.2) is 29.3 Å². The van der Waals surface area contributed by atoms with Gasteiger partial charge in [0.25, 0.3) is 0 Å². The number of fused-ring (bicyclic) bond motifs is 27. The highest BCUT2D eigenvalue weighted by Crippen LogP contribution is 2.43. The van der Waals surface area contributed by atoms with Crippen LogP contribution < -0.4 is 18.7 Å². The molecule has 0 amide bonds. The molecule has 0 spiro atoms. The zero-order valence-electron chi connectivity index (χ0n) is 53.6. The van der Waals surface area contributed by atoms with Crippen LogP contribution in [0.5, 0.6) is 0 Å². The Morgan fingerprint density at radius 1 is 0.404 bits per heavy atom. The first-order chi connectivity index (χ1) is 48.3. The maximum atomic E-state index is 9.48. The number of furan rings is 2. The molecule has 0 atom stereocenters. The van der Waals surface area contributed by atoms with Crippen molar-refractivity contribution in [2.24, 2.45) is 0 Å². The van der Waals surface area contributed by atoms with Crippen LogP contribution in [0.15, 0.2) is 161 Å². The summed E-state index contributed by atoms with van der Waals surface area (Å²) in [6.45, 7) is 43.5. The van der Waals surface area contributed by atoms with Crippen LogP contribution in [-0.4, -0.2) is 28.7 Å². The highest BCUT2D eigenvalue weighted by molar-refractivity contribution is 6.09. The predicted molar refractivity (Wildman–Crippen MR) is 368 cm³/mol. The van der Waals surface area contributed by atoms with E-state index in [4.69, 9.17) is 35.1 Å². The molecule has 462 valence electrons. The standard InChI is InChI=1S/2C21H10N5O.C19H15N4.C18H13N4/c1-23-17-7-5-12(9-22)16-11-25-10-13-4-6-14-15-3-2-8-24-21(15)27-20(14)18(13)26(25)19(16)17;1-23-17-5-4-12(9-22)16-11-25-10-13-7-15-14-3-2-6-24-21(14)27-19(15)8-18(13)26(25)20(16)17;1-11-7-12(2)18-15(13(11)3)9-22-10-16-14(8-20)5-6-17(21-4)19(16)23(18)22;1-11-4-5-12(2)17-14(11)9-21-10-15-13(8-19)6-7-16(20-3)18(15)22(17)21/h2*2-8,11H,10H2;5-7,10H,9H2,1-3H3;4-7,10H,9H2,1-2H3/q4*+1. The quantitative estimate of drug-likeness (QED) is 0.105. The molecule has 0 aliphatic carbocycles. The van der Waals surface area contributed by atoms with Crippen molar-refractivity contribution >= 4 is 110 Å². The van der Waals surface area contributed by atoms with Crippen molar-refractivity contribution in [2.75, 3.05) is 0 Å². The molecule has 4 aliphatic rings. The largest absolute Gasteiger partial charge is 0.438 e. The van der Waals surface area contributed by atoms with E-state index < -0.39 is 0 Å². The number of pyridine rings is 2. The van der Waals surface area contributed by atoms with Crippen molar-refractivity contribution in [3.8, 4) is 47.0 Å². The monoisotopic (exact) mass is 1280 g/mol. The van der Waals surface area contributed by atoms with Gasteiger partial charge in [-0.05, 0) is 105 Å². The second-order valence-corrected chi connectivity index (χ2v) is 25.0. The highest BCUT2D eigenvalue weighted by atomic mass is 16.3. The van der Waals surface area contributed by atoms with Gasteiger partial charge in [-0.2, -0.15) is 21.0 Å². The van der Waals surface area contributed by atoms with Crippen molar-refractivity contribution in [1.82, 2.24) is 28.7 Å². The molecule has 8 aromatic carbocycles. The van der Waals surface area contributed by atoms with E-state index >= 15 is 0 Å². The van der Waals surface area contributed by atoms with Gasteiger partial charge in [0.1, 0.15) is 44.7 Å². The van der Waals surface area contributed by atoms with Crippen LogP contribution in [0.25, 0.3) is 130 Å². The normalized spacial score (nSPS) is 12.1. The molecule has 20 heteroatoms. The summed E-state index contributed by atoms with van der Waals surface area (Å²) in [5, 5.41) is 44.9. The van der Waals surface area contributed by atoms with Crippen molar-refractivity contribution in [2.45, 2.75) is 60.8 Å². The molecule has 20 rings (SSSR count). The van der Waals surface area contributed by atoms with Crippen LogP contribution >= 0.6 is 0 Å². The molecule has 0 saturated heterocycles. The third kappa shape index (κ3) is 8.36. The molecule has 0 saturated carbocycles. The minimum atomic E-state index is 0.516. The zero-order valence-corrected chi connectivity index (χ0v) is 53.6. The van der Waals surface area contributed by atoms with Crippen LogP contribution in [0.3, 0.4) is 0 Å². The van der Waals surface area contributed by atoms with Crippen LogP contribution in [0.1, 0.15) is 72.3 Å². The Kier molecular flexibility index (Phi) is 12.8. The lowest BCUT2D eigenvalue weighted by molar-refractivity contribution is -0.749. The third-order valence-electron chi connectivity index (χ3n) is 19.7. The number of hydrogen-bond donors (Lipinski definition) is 0. The summed E-state index contributed by atoms with van der Waals surface area (Å²) in [4.78, 5) is 23.3. The molecule has 0 bridgehead atoms. The molecular weight excluding hydrogens is 1230 g/mol. The topological polar surface area (TPSA) is 200 Å². The van der Waals surface area contributed by atoms with E-state index in [2.05, 4.69) is 143 Å². The summed E-state index contributed by atoms with van der Waals surface area (Å²) in [5.41, 5.74) is 25.8. The molecule has 16 aromatic rings. The molecule has 20 nitrogen and oxygen atoms in total. The first-order valence-corrected chi connectivity index (χ1v) is 31.5. The van der Waals surface area contributed by atoms with Crippen LogP contribution in [0.2, 0.25) is 0 Å². The first-order valence-electron chi connectivity index (χ1n) is 31.5. The Hall–Kier alpha value is -14.5. The summed E-state index contributed by atoms with van der Waals surface area (Å²) in [6.07, 6.45) is 11.3. The summed E-state index contributed by atoms with van der Waals surface area (Å²) in [6, 6.07) is 45.3. The number of aromatic nitrogens is 10. The number of hydrogen-bond acceptors (Lipinski definition) is 8. The summed E-state index contributed by atoms with van der Waals surface area (Å²) >= 11 is 0. The molecule has 99 heavy (non-hydrogen) atoms. The van der Waals surface area contributed by atoms with E-state index in [9.17, 15) is 21.0 Å². The van der Waals surface area contributed by atoms with E-state index in [0.717, 1.165) is 123 Å². The Morgan fingerprint density at radius 3 is 1.37 bits per heavy atom. The lowest BCUT2D eigenvalue weighted by Crippen LogP contribution is -2.36. The number of rotatable bonds is 0. The SMILES string of the molecule is [C-]#[N+]c1ccc(C#N)c2c[n+]3n(c12)-c1c(C)cc(C)c(C)c1C3.[C-]#[N+]c1ccc(C#N)c2c[n+]3n(c12)-c1c(C)ccc(C)c1C3.[C-]#[N+]c1ccc(C#N)c2c[n+]3n(c12)-c1c(ccc2c1oc1ncccc12)C3.[C-]#[N+]c1ccc(C#N)c2c[n+]3n(c12)-c1cc2oc4ncccc4c2cc1C3. The predicted octanol–water partition coefficient (Wildman–Crippen LogP) is 14.9. The van der Waals surface area contributed by atoms with Crippen LogP contribution in [0.4, 0.5) is 22.7 Å². The minimum absolute atomic E-state index is 0.516. The van der Waals surface area contributed by atoms with Gasteiger partial charge in [0.2, 0.25) is 59.0 Å².